The Labute approximate surface area is 198 Å². The Morgan fingerprint density at radius 2 is 1.76 bits per heavy atom. The van der Waals surface area contributed by atoms with E-state index in [0.717, 1.165) is 51.0 Å². The summed E-state index contributed by atoms with van der Waals surface area (Å²) in [6, 6.07) is 22.4. The largest absolute Gasteiger partial charge is 0.493 e. The lowest BCUT2D eigenvalue weighted by Gasteiger charge is -2.37. The Morgan fingerprint density at radius 1 is 0.912 bits per heavy atom. The van der Waals surface area contributed by atoms with Crippen molar-refractivity contribution in [3.8, 4) is 11.5 Å². The molecule has 1 aliphatic carbocycles. The van der Waals surface area contributed by atoms with Crippen LogP contribution >= 0.6 is 0 Å². The summed E-state index contributed by atoms with van der Waals surface area (Å²) in [5, 5.41) is 5.91. The van der Waals surface area contributed by atoms with Gasteiger partial charge in [0.1, 0.15) is 5.76 Å². The minimum atomic E-state index is -0.206. The lowest BCUT2D eigenvalue weighted by molar-refractivity contribution is -0.116. The van der Waals surface area contributed by atoms with E-state index < -0.39 is 0 Å². The van der Waals surface area contributed by atoms with Gasteiger partial charge in [0.05, 0.1) is 20.5 Å². The van der Waals surface area contributed by atoms with Gasteiger partial charge in [0, 0.05) is 35.2 Å². The van der Waals surface area contributed by atoms with E-state index in [4.69, 9.17) is 13.9 Å². The summed E-state index contributed by atoms with van der Waals surface area (Å²) in [5.74, 6) is 2.14. The van der Waals surface area contributed by atoms with E-state index in [1.165, 1.54) is 0 Å². The van der Waals surface area contributed by atoms with Gasteiger partial charge in [-0.3, -0.25) is 4.79 Å². The Bertz CT molecular complexity index is 1430. The van der Waals surface area contributed by atoms with Crippen LogP contribution in [-0.4, -0.2) is 20.0 Å². The first-order valence-corrected chi connectivity index (χ1v) is 11.5. The maximum Gasteiger partial charge on any atom is 0.162 e. The molecule has 3 aromatic carbocycles. The highest BCUT2D eigenvalue weighted by Crippen LogP contribution is 2.50. The molecule has 6 rings (SSSR count). The summed E-state index contributed by atoms with van der Waals surface area (Å²) < 4.78 is 16.8. The Kier molecular flexibility index (Phi) is 4.91. The molecule has 0 unspecified atom stereocenters. The fourth-order valence-corrected chi connectivity index (χ4v) is 5.50. The average Bonchev–Trinajstić information content (AvgIpc) is 3.42. The van der Waals surface area contributed by atoms with Gasteiger partial charge in [-0.25, -0.2) is 0 Å². The maximum absolute atomic E-state index is 13.7. The highest BCUT2D eigenvalue weighted by molar-refractivity contribution is 6.04. The molecule has 0 amide bonds. The van der Waals surface area contributed by atoms with Gasteiger partial charge in [0.2, 0.25) is 0 Å². The molecule has 170 valence electrons. The molecule has 0 bridgehead atoms. The Hall–Kier alpha value is -3.99. The molecule has 0 spiro atoms. The first-order valence-electron chi connectivity index (χ1n) is 11.5. The zero-order valence-electron chi connectivity index (χ0n) is 19.1. The normalized spacial score (nSPS) is 19.4. The fraction of sp³-hybridized carbons (Fsp3) is 0.207. The van der Waals surface area contributed by atoms with Gasteiger partial charge in [-0.2, -0.15) is 0 Å². The van der Waals surface area contributed by atoms with Gasteiger partial charge < -0.3 is 19.2 Å². The van der Waals surface area contributed by atoms with Crippen molar-refractivity contribution in [1.29, 1.82) is 0 Å². The topological polar surface area (TPSA) is 60.7 Å². The number of furan rings is 1. The van der Waals surface area contributed by atoms with E-state index >= 15 is 0 Å². The van der Waals surface area contributed by atoms with E-state index in [0.29, 0.717) is 17.9 Å². The molecule has 0 fully saturated rings. The fourth-order valence-electron chi connectivity index (χ4n) is 5.50. The van der Waals surface area contributed by atoms with Crippen molar-refractivity contribution in [2.75, 3.05) is 19.5 Å². The van der Waals surface area contributed by atoms with Gasteiger partial charge in [-0.05, 0) is 58.7 Å². The van der Waals surface area contributed by atoms with Gasteiger partial charge in [-0.1, -0.05) is 36.4 Å². The number of rotatable bonds is 4. The van der Waals surface area contributed by atoms with Crippen molar-refractivity contribution in [2.45, 2.75) is 24.7 Å². The second kappa shape index (κ2) is 8.10. The van der Waals surface area contributed by atoms with Crippen LogP contribution in [-0.2, 0) is 4.79 Å². The van der Waals surface area contributed by atoms with Gasteiger partial charge in [-0.15, -0.1) is 0 Å². The number of carbonyl (C=O) groups is 1. The first kappa shape index (κ1) is 20.6. The van der Waals surface area contributed by atoms with Crippen LogP contribution in [0.2, 0.25) is 0 Å². The SMILES string of the molecule is COc1ccc([C@H]2C3=C(C[C@@H](c4ccco4)CC3=O)Nc3ccc4ccccc4c32)cc1OC. The molecule has 5 heteroatoms. The quantitative estimate of drug-likeness (QED) is 0.389. The smallest absolute Gasteiger partial charge is 0.162 e. The predicted octanol–water partition coefficient (Wildman–Crippen LogP) is 6.41. The second-order valence-corrected chi connectivity index (χ2v) is 8.86. The number of ketones is 1. The van der Waals surface area contributed by atoms with E-state index in [9.17, 15) is 4.79 Å². The molecule has 2 heterocycles. The number of nitrogens with one attached hydrogen (secondary N) is 1. The van der Waals surface area contributed by atoms with Crippen LogP contribution in [0.3, 0.4) is 0 Å². The van der Waals surface area contributed by atoms with Crippen LogP contribution in [0.15, 0.2) is 88.7 Å². The van der Waals surface area contributed by atoms with Crippen molar-refractivity contribution in [2.24, 2.45) is 0 Å². The molecule has 2 atom stereocenters. The van der Waals surface area contributed by atoms with Crippen molar-refractivity contribution in [1.82, 2.24) is 0 Å². The Balaban J connectivity index is 1.58. The molecule has 1 N–H and O–H groups in total. The monoisotopic (exact) mass is 451 g/mol. The highest BCUT2D eigenvalue weighted by Gasteiger charge is 2.40. The van der Waals surface area contributed by atoms with Gasteiger partial charge >= 0.3 is 0 Å². The standard InChI is InChI=1S/C29H25NO4/c1-32-25-12-10-18(16-26(25)33-2)27-28-20-7-4-3-6-17(20)9-11-21(28)30-22-14-19(15-23(31)29(22)27)24-8-5-13-34-24/h3-13,16,19,27,30H,14-15H2,1-2H3/t19-,27-/m1/s1. The molecule has 1 aliphatic heterocycles. The molecule has 34 heavy (non-hydrogen) atoms. The minimum Gasteiger partial charge on any atom is -0.493 e. The van der Waals surface area contributed by atoms with Crippen molar-refractivity contribution < 1.29 is 18.7 Å². The number of ether oxygens (including phenoxy) is 2. The molecule has 1 aromatic heterocycles. The molecular formula is C29H25NO4. The summed E-state index contributed by atoms with van der Waals surface area (Å²) in [6.45, 7) is 0. The summed E-state index contributed by atoms with van der Waals surface area (Å²) in [7, 11) is 3.27. The molecule has 2 aliphatic rings. The van der Waals surface area contributed by atoms with Gasteiger partial charge in [0.25, 0.3) is 0 Å². The molecule has 0 radical (unpaired) electrons. The van der Waals surface area contributed by atoms with Crippen LogP contribution < -0.4 is 14.8 Å². The Morgan fingerprint density at radius 3 is 2.56 bits per heavy atom. The van der Waals surface area contributed by atoms with E-state index in [1.54, 1.807) is 20.5 Å². The third kappa shape index (κ3) is 3.19. The zero-order valence-corrected chi connectivity index (χ0v) is 19.1. The highest BCUT2D eigenvalue weighted by atomic mass is 16.5. The predicted molar refractivity (Wildman–Crippen MR) is 132 cm³/mol. The van der Waals surface area contributed by atoms with Crippen molar-refractivity contribution in [3.63, 3.8) is 0 Å². The number of methoxy groups -OCH3 is 2. The third-order valence-electron chi connectivity index (χ3n) is 7.03. The van der Waals surface area contributed by atoms with Crippen LogP contribution in [0.5, 0.6) is 11.5 Å². The lowest BCUT2D eigenvalue weighted by Crippen LogP contribution is -2.29. The average molecular weight is 452 g/mol. The number of anilines is 1. The minimum absolute atomic E-state index is 0.0295. The number of allylic oxidation sites excluding steroid dienone is 2. The molecular weight excluding hydrogens is 426 g/mol. The number of benzene rings is 3. The summed E-state index contributed by atoms with van der Waals surface area (Å²) in [6.07, 6.45) is 2.83. The first-order chi connectivity index (χ1) is 16.7. The van der Waals surface area contributed by atoms with Gasteiger partial charge in [0.15, 0.2) is 17.3 Å². The molecule has 4 aromatic rings. The van der Waals surface area contributed by atoms with Crippen LogP contribution in [0.1, 0.15) is 41.6 Å². The van der Waals surface area contributed by atoms with E-state index in [2.05, 4.69) is 29.6 Å². The van der Waals surface area contributed by atoms with Crippen LogP contribution in [0.4, 0.5) is 5.69 Å². The molecule has 5 nitrogen and oxygen atoms in total. The summed E-state index contributed by atoms with van der Waals surface area (Å²) in [4.78, 5) is 13.7. The third-order valence-corrected chi connectivity index (χ3v) is 7.03. The number of hydrogen-bond donors (Lipinski definition) is 1. The van der Waals surface area contributed by atoms with Crippen molar-refractivity contribution in [3.05, 3.63) is 101 Å². The van der Waals surface area contributed by atoms with Crippen LogP contribution in [0, 0.1) is 0 Å². The zero-order chi connectivity index (χ0) is 23.2. The maximum atomic E-state index is 13.7. The van der Waals surface area contributed by atoms with Crippen LogP contribution in [0.25, 0.3) is 10.8 Å². The van der Waals surface area contributed by atoms with E-state index in [1.807, 2.05) is 42.5 Å². The van der Waals surface area contributed by atoms with E-state index in [-0.39, 0.29) is 17.6 Å². The molecule has 0 saturated carbocycles. The second-order valence-electron chi connectivity index (χ2n) is 8.86. The lowest BCUT2D eigenvalue weighted by atomic mass is 9.71. The number of hydrogen-bond acceptors (Lipinski definition) is 5. The van der Waals surface area contributed by atoms with Crippen molar-refractivity contribution >= 4 is 22.2 Å². The number of fused-ring (bicyclic) bond motifs is 3. The summed E-state index contributed by atoms with van der Waals surface area (Å²) in [5.41, 5.74) is 4.96. The molecule has 0 saturated heterocycles. The summed E-state index contributed by atoms with van der Waals surface area (Å²) >= 11 is 0. The number of carbonyl (C=O) groups excluding carboxylic acids is 1. The number of Topliss-reactive ketones (excluding diaryl/α,β-unsaturated/α-hetero) is 1.